The van der Waals surface area contributed by atoms with Crippen LogP contribution < -0.4 is 10.1 Å². The Hall–Kier alpha value is -2.38. The predicted molar refractivity (Wildman–Crippen MR) is 131 cm³/mol. The molecule has 6 nitrogen and oxygen atoms in total. The van der Waals surface area contributed by atoms with Crippen LogP contribution in [0.25, 0.3) is 0 Å². The molecule has 7 heteroatoms. The highest BCUT2D eigenvalue weighted by atomic mass is 32.2. The third kappa shape index (κ3) is 6.36. The lowest BCUT2D eigenvalue weighted by Gasteiger charge is -2.23. The van der Waals surface area contributed by atoms with Crippen LogP contribution in [-0.4, -0.2) is 38.8 Å². The average Bonchev–Trinajstić information content (AvgIpc) is 3.09. The molecule has 0 bridgehead atoms. The van der Waals surface area contributed by atoms with Gasteiger partial charge in [-0.05, 0) is 67.5 Å². The van der Waals surface area contributed by atoms with Gasteiger partial charge in [-0.1, -0.05) is 44.9 Å². The fourth-order valence-electron chi connectivity index (χ4n) is 4.27. The minimum absolute atomic E-state index is 0.185. The zero-order valence-electron chi connectivity index (χ0n) is 20.1. The molecule has 2 aromatic carbocycles. The molecule has 1 amide bonds. The van der Waals surface area contributed by atoms with E-state index in [-0.39, 0.29) is 16.8 Å². The Labute approximate surface area is 198 Å². The fraction of sp³-hybridized carbons (Fsp3) is 0.500. The first-order valence-corrected chi connectivity index (χ1v) is 13.2. The van der Waals surface area contributed by atoms with Crippen molar-refractivity contribution in [3.05, 3.63) is 59.2 Å². The molecular formula is C26H36N2O4S. The number of sulfonamides is 1. The third-order valence-corrected chi connectivity index (χ3v) is 8.20. The number of benzene rings is 2. The second kappa shape index (κ2) is 11.2. The number of methoxy groups -OCH3 is 1. The molecule has 0 unspecified atom stereocenters. The van der Waals surface area contributed by atoms with Crippen molar-refractivity contribution in [2.75, 3.05) is 20.2 Å². The number of ether oxygens (including phenoxy) is 1. The van der Waals surface area contributed by atoms with Crippen molar-refractivity contribution < 1.29 is 17.9 Å². The minimum Gasteiger partial charge on any atom is -0.497 e. The summed E-state index contributed by atoms with van der Waals surface area (Å²) in [6, 6.07) is 12.4. The fourth-order valence-corrected chi connectivity index (χ4v) is 6.04. The Morgan fingerprint density at radius 3 is 2.24 bits per heavy atom. The molecule has 0 saturated carbocycles. The first-order valence-electron chi connectivity index (χ1n) is 11.8. The minimum atomic E-state index is -3.64. The Bertz CT molecular complexity index is 1040. The number of nitrogens with one attached hydrogen (secondary N) is 1. The van der Waals surface area contributed by atoms with Gasteiger partial charge in [-0.3, -0.25) is 4.79 Å². The summed E-state index contributed by atoms with van der Waals surface area (Å²) in [7, 11) is -2.02. The van der Waals surface area contributed by atoms with Crippen LogP contribution in [0.5, 0.6) is 5.75 Å². The third-order valence-electron chi connectivity index (χ3n) is 6.16. The van der Waals surface area contributed by atoms with Gasteiger partial charge in [-0.25, -0.2) is 8.42 Å². The second-order valence-corrected chi connectivity index (χ2v) is 11.1. The van der Waals surface area contributed by atoms with Crippen LogP contribution in [0.1, 0.15) is 73.5 Å². The lowest BCUT2D eigenvalue weighted by atomic mass is 9.96. The van der Waals surface area contributed by atoms with E-state index in [1.165, 1.54) is 6.07 Å². The highest BCUT2D eigenvalue weighted by Crippen LogP contribution is 2.26. The topological polar surface area (TPSA) is 75.7 Å². The maximum absolute atomic E-state index is 13.4. The molecule has 1 saturated heterocycles. The van der Waals surface area contributed by atoms with Gasteiger partial charge in [-0.15, -0.1) is 0 Å². The second-order valence-electron chi connectivity index (χ2n) is 9.23. The van der Waals surface area contributed by atoms with Crippen molar-refractivity contribution in [2.24, 2.45) is 5.92 Å². The van der Waals surface area contributed by atoms with Crippen LogP contribution in [0.4, 0.5) is 0 Å². The van der Waals surface area contributed by atoms with E-state index in [0.717, 1.165) is 43.4 Å². The van der Waals surface area contributed by atoms with Gasteiger partial charge in [0, 0.05) is 18.7 Å². The SMILES string of the molecule is COc1ccc([C@H](CC(C)C)NC(=O)c2ccc(C)c(S(=O)(=O)N3CCCCCC3)c2)cc1. The molecular weight excluding hydrogens is 436 g/mol. The molecule has 180 valence electrons. The quantitative estimate of drug-likeness (QED) is 0.581. The molecule has 0 radical (unpaired) electrons. The summed E-state index contributed by atoms with van der Waals surface area (Å²) in [6.45, 7) is 7.07. The van der Waals surface area contributed by atoms with E-state index in [0.29, 0.717) is 30.1 Å². The molecule has 1 fully saturated rings. The van der Waals surface area contributed by atoms with E-state index >= 15 is 0 Å². The Morgan fingerprint density at radius 2 is 1.67 bits per heavy atom. The van der Waals surface area contributed by atoms with Crippen LogP contribution in [0.15, 0.2) is 47.4 Å². The number of hydrogen-bond acceptors (Lipinski definition) is 4. The zero-order valence-corrected chi connectivity index (χ0v) is 21.0. The van der Waals surface area contributed by atoms with Crippen molar-refractivity contribution in [3.8, 4) is 5.75 Å². The van der Waals surface area contributed by atoms with E-state index in [2.05, 4.69) is 19.2 Å². The van der Waals surface area contributed by atoms with Crippen molar-refractivity contribution in [1.82, 2.24) is 9.62 Å². The molecule has 33 heavy (non-hydrogen) atoms. The summed E-state index contributed by atoms with van der Waals surface area (Å²) < 4.78 is 33.6. The Kier molecular flexibility index (Phi) is 8.54. The summed E-state index contributed by atoms with van der Waals surface area (Å²) in [6.07, 6.45) is 4.61. The molecule has 0 spiro atoms. The molecule has 1 heterocycles. The van der Waals surface area contributed by atoms with Gasteiger partial charge in [0.15, 0.2) is 0 Å². The van der Waals surface area contributed by atoms with Crippen LogP contribution in [0.3, 0.4) is 0 Å². The Balaban J connectivity index is 1.86. The van der Waals surface area contributed by atoms with Gasteiger partial charge < -0.3 is 10.1 Å². The van der Waals surface area contributed by atoms with Crippen LogP contribution in [0, 0.1) is 12.8 Å². The molecule has 1 atom stereocenters. The standard InChI is InChI=1S/C26H36N2O4S/c1-19(2)17-24(21-11-13-23(32-4)14-12-21)27-26(29)22-10-9-20(3)25(18-22)33(30,31)28-15-7-5-6-8-16-28/h9-14,18-19,24H,5-8,15-17H2,1-4H3,(H,27,29)/t24-/m0/s1. The predicted octanol–water partition coefficient (Wildman–Crippen LogP) is 5.09. The van der Waals surface area contributed by atoms with E-state index in [1.54, 1.807) is 30.5 Å². The highest BCUT2D eigenvalue weighted by molar-refractivity contribution is 7.89. The van der Waals surface area contributed by atoms with Gasteiger partial charge in [0.2, 0.25) is 10.0 Å². The lowest BCUT2D eigenvalue weighted by Crippen LogP contribution is -2.33. The highest BCUT2D eigenvalue weighted by Gasteiger charge is 2.28. The van der Waals surface area contributed by atoms with Crippen molar-refractivity contribution >= 4 is 15.9 Å². The number of amides is 1. The van der Waals surface area contributed by atoms with Gasteiger partial charge in [-0.2, -0.15) is 4.31 Å². The summed E-state index contributed by atoms with van der Waals surface area (Å²) in [5.41, 5.74) is 2.00. The number of hydrogen-bond donors (Lipinski definition) is 1. The maximum atomic E-state index is 13.4. The Morgan fingerprint density at radius 1 is 1.03 bits per heavy atom. The largest absolute Gasteiger partial charge is 0.497 e. The number of carbonyl (C=O) groups excluding carboxylic acids is 1. The van der Waals surface area contributed by atoms with Crippen molar-refractivity contribution in [3.63, 3.8) is 0 Å². The van der Waals surface area contributed by atoms with Gasteiger partial charge in [0.05, 0.1) is 18.0 Å². The number of aryl methyl sites for hydroxylation is 1. The van der Waals surface area contributed by atoms with Gasteiger partial charge >= 0.3 is 0 Å². The van der Waals surface area contributed by atoms with E-state index < -0.39 is 10.0 Å². The molecule has 1 aliphatic rings. The smallest absolute Gasteiger partial charge is 0.251 e. The molecule has 2 aromatic rings. The molecule has 1 aliphatic heterocycles. The van der Waals surface area contributed by atoms with Gasteiger partial charge in [0.1, 0.15) is 5.75 Å². The normalized spacial score (nSPS) is 16.3. The molecule has 1 N–H and O–H groups in total. The summed E-state index contributed by atoms with van der Waals surface area (Å²) in [5, 5.41) is 3.12. The maximum Gasteiger partial charge on any atom is 0.251 e. The number of carbonyl (C=O) groups is 1. The average molecular weight is 473 g/mol. The monoisotopic (exact) mass is 472 g/mol. The van der Waals surface area contributed by atoms with Crippen LogP contribution >= 0.6 is 0 Å². The number of nitrogens with zero attached hydrogens (tertiary/aromatic N) is 1. The van der Waals surface area contributed by atoms with E-state index in [9.17, 15) is 13.2 Å². The molecule has 0 aromatic heterocycles. The lowest BCUT2D eigenvalue weighted by molar-refractivity contribution is 0.0931. The zero-order chi connectivity index (χ0) is 24.0. The first kappa shape index (κ1) is 25.2. The summed E-state index contributed by atoms with van der Waals surface area (Å²) in [4.78, 5) is 13.4. The van der Waals surface area contributed by atoms with Crippen molar-refractivity contribution in [1.29, 1.82) is 0 Å². The van der Waals surface area contributed by atoms with E-state index in [4.69, 9.17) is 4.74 Å². The van der Waals surface area contributed by atoms with Gasteiger partial charge in [0.25, 0.3) is 5.91 Å². The van der Waals surface area contributed by atoms with Crippen molar-refractivity contribution in [2.45, 2.75) is 63.8 Å². The molecule has 3 rings (SSSR count). The first-order chi connectivity index (χ1) is 15.7. The summed E-state index contributed by atoms with van der Waals surface area (Å²) >= 11 is 0. The van der Waals surface area contributed by atoms with Crippen LogP contribution in [-0.2, 0) is 10.0 Å². The number of rotatable bonds is 8. The molecule has 0 aliphatic carbocycles. The van der Waals surface area contributed by atoms with E-state index in [1.807, 2.05) is 24.3 Å². The van der Waals surface area contributed by atoms with Crippen LogP contribution in [0.2, 0.25) is 0 Å². The summed E-state index contributed by atoms with van der Waals surface area (Å²) in [5.74, 6) is 0.855.